The Morgan fingerprint density at radius 3 is 2.69 bits per heavy atom. The molecular weight excluding hydrogens is 160 g/mol. The van der Waals surface area contributed by atoms with E-state index in [1.807, 2.05) is 0 Å². The number of rotatable bonds is 5. The first kappa shape index (κ1) is 11.0. The van der Waals surface area contributed by atoms with Crippen LogP contribution in [0.4, 0.5) is 0 Å². The largest absolute Gasteiger partial charge is 0.329 e. The minimum Gasteiger partial charge on any atom is -0.329 e. The maximum absolute atomic E-state index is 5.78. The van der Waals surface area contributed by atoms with Crippen LogP contribution < -0.4 is 5.73 Å². The molecule has 0 amide bonds. The highest BCUT2D eigenvalue weighted by molar-refractivity contribution is 4.81. The summed E-state index contributed by atoms with van der Waals surface area (Å²) < 4.78 is 0. The first-order valence-corrected chi connectivity index (χ1v) is 5.75. The molecule has 13 heavy (non-hydrogen) atoms. The Bertz CT molecular complexity index is 136. The average molecular weight is 184 g/mol. The molecule has 0 aromatic rings. The van der Waals surface area contributed by atoms with Gasteiger partial charge in [-0.25, -0.2) is 0 Å². The summed E-state index contributed by atoms with van der Waals surface area (Å²) in [6.07, 6.45) is 5.25. The van der Waals surface area contributed by atoms with Crippen LogP contribution in [-0.4, -0.2) is 30.6 Å². The molecule has 0 spiro atoms. The predicted octanol–water partition coefficient (Wildman–Crippen LogP) is 1.85. The van der Waals surface area contributed by atoms with Gasteiger partial charge in [0.15, 0.2) is 0 Å². The number of hydrogen-bond acceptors (Lipinski definition) is 2. The van der Waals surface area contributed by atoms with Crippen molar-refractivity contribution in [3.8, 4) is 0 Å². The van der Waals surface area contributed by atoms with Crippen LogP contribution in [0, 0.1) is 5.92 Å². The van der Waals surface area contributed by atoms with Gasteiger partial charge >= 0.3 is 0 Å². The molecule has 0 aliphatic carbocycles. The average Bonchev–Trinajstić information content (AvgIpc) is 2.62. The van der Waals surface area contributed by atoms with Crippen molar-refractivity contribution in [2.45, 2.75) is 45.6 Å². The monoisotopic (exact) mass is 184 g/mol. The summed E-state index contributed by atoms with van der Waals surface area (Å²) in [4.78, 5) is 2.59. The van der Waals surface area contributed by atoms with Gasteiger partial charge in [0.1, 0.15) is 0 Å². The lowest BCUT2D eigenvalue weighted by atomic mass is 10.1. The van der Waals surface area contributed by atoms with Crippen molar-refractivity contribution in [3.05, 3.63) is 0 Å². The number of likely N-dealkylation sites (tertiary alicyclic amines) is 1. The molecule has 0 aromatic carbocycles. The van der Waals surface area contributed by atoms with E-state index in [0.717, 1.165) is 12.5 Å². The van der Waals surface area contributed by atoms with E-state index < -0.39 is 0 Å². The fourth-order valence-corrected chi connectivity index (χ4v) is 2.31. The van der Waals surface area contributed by atoms with E-state index in [4.69, 9.17) is 5.73 Å². The molecule has 0 saturated carbocycles. The first-order valence-electron chi connectivity index (χ1n) is 5.75. The fraction of sp³-hybridized carbons (Fsp3) is 1.00. The van der Waals surface area contributed by atoms with E-state index in [0.29, 0.717) is 6.04 Å². The highest BCUT2D eigenvalue weighted by Gasteiger charge is 2.25. The van der Waals surface area contributed by atoms with Crippen molar-refractivity contribution in [1.29, 1.82) is 0 Å². The number of nitrogens with zero attached hydrogens (tertiary/aromatic N) is 1. The van der Waals surface area contributed by atoms with Gasteiger partial charge in [-0.2, -0.15) is 0 Å². The minimum atomic E-state index is 0.654. The Balaban J connectivity index is 2.33. The molecular formula is C11H24N2. The fourth-order valence-electron chi connectivity index (χ4n) is 2.31. The Labute approximate surface area is 82.5 Å². The Kier molecular flexibility index (Phi) is 4.74. The van der Waals surface area contributed by atoms with Crippen molar-refractivity contribution >= 4 is 0 Å². The quantitative estimate of drug-likeness (QED) is 0.706. The van der Waals surface area contributed by atoms with Crippen molar-refractivity contribution in [1.82, 2.24) is 4.90 Å². The van der Waals surface area contributed by atoms with Gasteiger partial charge in [0.25, 0.3) is 0 Å². The van der Waals surface area contributed by atoms with Gasteiger partial charge < -0.3 is 5.73 Å². The van der Waals surface area contributed by atoms with E-state index in [1.165, 1.54) is 38.8 Å². The van der Waals surface area contributed by atoms with Crippen LogP contribution in [0.3, 0.4) is 0 Å². The van der Waals surface area contributed by atoms with Crippen molar-refractivity contribution in [2.24, 2.45) is 11.7 Å². The summed E-state index contributed by atoms with van der Waals surface area (Å²) in [6.45, 7) is 7.95. The number of hydrogen-bond donors (Lipinski definition) is 1. The van der Waals surface area contributed by atoms with E-state index in [-0.39, 0.29) is 0 Å². The summed E-state index contributed by atoms with van der Waals surface area (Å²) in [5.74, 6) is 0.936. The second-order valence-corrected chi connectivity index (χ2v) is 4.24. The summed E-state index contributed by atoms with van der Waals surface area (Å²) in [5, 5.41) is 0. The summed E-state index contributed by atoms with van der Waals surface area (Å²) in [5.41, 5.74) is 5.78. The highest BCUT2D eigenvalue weighted by Crippen LogP contribution is 2.22. The predicted molar refractivity (Wildman–Crippen MR) is 57.7 cm³/mol. The molecule has 0 bridgehead atoms. The molecule has 2 nitrogen and oxygen atoms in total. The molecule has 2 heteroatoms. The van der Waals surface area contributed by atoms with Crippen LogP contribution in [0.25, 0.3) is 0 Å². The van der Waals surface area contributed by atoms with Gasteiger partial charge in [0.05, 0.1) is 0 Å². The highest BCUT2D eigenvalue weighted by atomic mass is 15.2. The summed E-state index contributed by atoms with van der Waals surface area (Å²) >= 11 is 0. The smallest absolute Gasteiger partial charge is 0.0218 e. The van der Waals surface area contributed by atoms with Crippen LogP contribution >= 0.6 is 0 Å². The SMILES string of the molecule is CCCC(CN)N1CCC(CC)C1. The lowest BCUT2D eigenvalue weighted by molar-refractivity contribution is 0.225. The second-order valence-electron chi connectivity index (χ2n) is 4.24. The van der Waals surface area contributed by atoms with Crippen LogP contribution in [-0.2, 0) is 0 Å². The van der Waals surface area contributed by atoms with E-state index in [2.05, 4.69) is 18.7 Å². The lowest BCUT2D eigenvalue weighted by Crippen LogP contribution is -2.39. The van der Waals surface area contributed by atoms with E-state index >= 15 is 0 Å². The van der Waals surface area contributed by atoms with Crippen LogP contribution in [0.15, 0.2) is 0 Å². The van der Waals surface area contributed by atoms with Crippen LogP contribution in [0.2, 0.25) is 0 Å². The van der Waals surface area contributed by atoms with Gasteiger partial charge in [0, 0.05) is 19.1 Å². The molecule has 2 N–H and O–H groups in total. The van der Waals surface area contributed by atoms with Gasteiger partial charge in [0.2, 0.25) is 0 Å². The Hall–Kier alpha value is -0.0800. The molecule has 78 valence electrons. The molecule has 2 unspecified atom stereocenters. The second kappa shape index (κ2) is 5.61. The first-order chi connectivity index (χ1) is 6.31. The van der Waals surface area contributed by atoms with Gasteiger partial charge in [-0.15, -0.1) is 0 Å². The van der Waals surface area contributed by atoms with Gasteiger partial charge in [-0.1, -0.05) is 26.7 Å². The molecule has 1 saturated heterocycles. The van der Waals surface area contributed by atoms with Crippen LogP contribution in [0.1, 0.15) is 39.5 Å². The molecule has 1 heterocycles. The van der Waals surface area contributed by atoms with Crippen molar-refractivity contribution < 1.29 is 0 Å². The lowest BCUT2D eigenvalue weighted by Gasteiger charge is -2.26. The molecule has 1 aliphatic heterocycles. The van der Waals surface area contributed by atoms with E-state index in [1.54, 1.807) is 0 Å². The molecule has 1 aliphatic rings. The topological polar surface area (TPSA) is 29.3 Å². The normalized spacial score (nSPS) is 26.5. The Morgan fingerprint density at radius 2 is 2.23 bits per heavy atom. The maximum atomic E-state index is 5.78. The zero-order chi connectivity index (χ0) is 9.68. The molecule has 1 rings (SSSR count). The van der Waals surface area contributed by atoms with E-state index in [9.17, 15) is 0 Å². The van der Waals surface area contributed by atoms with Crippen molar-refractivity contribution in [2.75, 3.05) is 19.6 Å². The molecule has 0 radical (unpaired) electrons. The van der Waals surface area contributed by atoms with Crippen molar-refractivity contribution in [3.63, 3.8) is 0 Å². The third-order valence-electron chi connectivity index (χ3n) is 3.30. The minimum absolute atomic E-state index is 0.654. The summed E-state index contributed by atoms with van der Waals surface area (Å²) in [7, 11) is 0. The standard InChI is InChI=1S/C11H24N2/c1-3-5-11(8-12)13-7-6-10(4-2)9-13/h10-11H,3-9,12H2,1-2H3. The van der Waals surface area contributed by atoms with Gasteiger partial charge in [-0.05, 0) is 25.3 Å². The summed E-state index contributed by atoms with van der Waals surface area (Å²) in [6, 6.07) is 0.654. The van der Waals surface area contributed by atoms with Crippen LogP contribution in [0.5, 0.6) is 0 Å². The third-order valence-corrected chi connectivity index (χ3v) is 3.30. The van der Waals surface area contributed by atoms with Gasteiger partial charge in [-0.3, -0.25) is 4.90 Å². The maximum Gasteiger partial charge on any atom is 0.0218 e. The Morgan fingerprint density at radius 1 is 1.46 bits per heavy atom. The molecule has 2 atom stereocenters. The zero-order valence-electron chi connectivity index (χ0n) is 9.13. The number of nitrogens with two attached hydrogens (primary N) is 1. The third kappa shape index (κ3) is 2.96. The molecule has 1 fully saturated rings. The molecule has 0 aromatic heterocycles. The zero-order valence-corrected chi connectivity index (χ0v) is 9.13.